The van der Waals surface area contributed by atoms with Crippen LogP contribution in [0.3, 0.4) is 0 Å². The molecule has 0 spiro atoms. The van der Waals surface area contributed by atoms with Gasteiger partial charge in [-0.2, -0.15) is 9.78 Å². The maximum absolute atomic E-state index is 12.8. The lowest BCUT2D eigenvalue weighted by molar-refractivity contribution is 0.0740. The Balaban J connectivity index is 0.00000182. The van der Waals surface area contributed by atoms with Crippen LogP contribution in [0.2, 0.25) is 0 Å². The molecule has 4 rings (SSSR count). The molecule has 0 aliphatic carbocycles. The molecule has 25 heavy (non-hydrogen) atoms. The summed E-state index contributed by atoms with van der Waals surface area (Å²) < 4.78 is 1.29. The molecule has 0 radical (unpaired) electrons. The highest BCUT2D eigenvalue weighted by molar-refractivity contribution is 5.92. The second-order valence-corrected chi connectivity index (χ2v) is 6.48. The lowest BCUT2D eigenvalue weighted by Crippen LogP contribution is -2.40. The Bertz CT molecular complexity index is 808. The van der Waals surface area contributed by atoms with Crippen molar-refractivity contribution in [2.45, 2.75) is 31.3 Å². The van der Waals surface area contributed by atoms with Gasteiger partial charge in [0.15, 0.2) is 0 Å². The van der Waals surface area contributed by atoms with Crippen LogP contribution < -0.4 is 10.9 Å². The first-order valence-corrected chi connectivity index (χ1v) is 8.42. The Kier molecular flexibility index (Phi) is 5.20. The van der Waals surface area contributed by atoms with Gasteiger partial charge in [-0.25, -0.2) is 0 Å². The number of rotatable bonds is 2. The van der Waals surface area contributed by atoms with E-state index in [1.807, 2.05) is 23.1 Å². The Labute approximate surface area is 152 Å². The molecule has 2 atom stereocenters. The number of halogens is 1. The molecule has 0 saturated carbocycles. The van der Waals surface area contributed by atoms with E-state index in [4.69, 9.17) is 0 Å². The number of para-hydroxylation sites is 1. The second-order valence-electron chi connectivity index (χ2n) is 6.48. The monoisotopic (exact) mass is 360 g/mol. The number of nitrogens with one attached hydrogen (secondary N) is 1. The second kappa shape index (κ2) is 7.37. The van der Waals surface area contributed by atoms with Crippen molar-refractivity contribution in [3.8, 4) is 5.69 Å². The Hall–Kier alpha value is -2.18. The minimum absolute atomic E-state index is 0. The topological polar surface area (TPSA) is 67.2 Å². The van der Waals surface area contributed by atoms with Gasteiger partial charge in [-0.15, -0.1) is 12.4 Å². The molecule has 2 aliphatic heterocycles. The summed E-state index contributed by atoms with van der Waals surface area (Å²) in [7, 11) is 0. The van der Waals surface area contributed by atoms with E-state index in [9.17, 15) is 9.59 Å². The van der Waals surface area contributed by atoms with E-state index in [-0.39, 0.29) is 23.9 Å². The summed E-state index contributed by atoms with van der Waals surface area (Å²) >= 11 is 0. The lowest BCUT2D eigenvalue weighted by atomic mass is 10.1. The number of likely N-dealkylation sites (tertiary alicyclic amines) is 1. The van der Waals surface area contributed by atoms with Crippen LogP contribution in [0, 0.1) is 0 Å². The maximum Gasteiger partial charge on any atom is 0.274 e. The Morgan fingerprint density at radius 1 is 1.04 bits per heavy atom. The van der Waals surface area contributed by atoms with Crippen LogP contribution in [-0.2, 0) is 0 Å². The Morgan fingerprint density at radius 2 is 1.80 bits per heavy atom. The fourth-order valence-corrected chi connectivity index (χ4v) is 3.57. The molecule has 132 valence electrons. The molecule has 1 aromatic carbocycles. The summed E-state index contributed by atoms with van der Waals surface area (Å²) in [6, 6.07) is 13.0. The van der Waals surface area contributed by atoms with E-state index in [0.29, 0.717) is 30.0 Å². The summed E-state index contributed by atoms with van der Waals surface area (Å²) in [5.74, 6) is -0.103. The first kappa shape index (κ1) is 17.6. The predicted molar refractivity (Wildman–Crippen MR) is 97.5 cm³/mol. The minimum Gasteiger partial charge on any atom is -0.336 e. The van der Waals surface area contributed by atoms with Gasteiger partial charge in [-0.05, 0) is 37.5 Å². The highest BCUT2D eigenvalue weighted by Gasteiger charge is 2.31. The van der Waals surface area contributed by atoms with Gasteiger partial charge in [0.25, 0.3) is 11.5 Å². The van der Waals surface area contributed by atoms with E-state index in [1.54, 1.807) is 12.1 Å². The Morgan fingerprint density at radius 3 is 2.60 bits per heavy atom. The molecular formula is C18H21ClN4O2. The zero-order valence-electron chi connectivity index (χ0n) is 13.8. The van der Waals surface area contributed by atoms with Crippen LogP contribution >= 0.6 is 12.4 Å². The van der Waals surface area contributed by atoms with Crippen LogP contribution in [0.5, 0.6) is 0 Å². The van der Waals surface area contributed by atoms with Crippen molar-refractivity contribution >= 4 is 18.3 Å². The highest BCUT2D eigenvalue weighted by Crippen LogP contribution is 2.21. The van der Waals surface area contributed by atoms with Crippen LogP contribution in [0.1, 0.15) is 29.8 Å². The van der Waals surface area contributed by atoms with Crippen LogP contribution in [0.25, 0.3) is 5.69 Å². The van der Waals surface area contributed by atoms with Crippen molar-refractivity contribution in [2.75, 3.05) is 13.1 Å². The molecule has 2 fully saturated rings. The lowest BCUT2D eigenvalue weighted by Gasteiger charge is -2.24. The summed E-state index contributed by atoms with van der Waals surface area (Å²) in [5, 5.41) is 7.87. The minimum atomic E-state index is -0.241. The molecule has 7 heteroatoms. The number of aromatic nitrogens is 2. The standard InChI is InChI=1S/C18H20N4O2.ClH/c23-17-9-8-16(20-22(17)15-4-2-1-3-5-15)18(24)21-11-10-13-6-7-14(12-21)19-13;/h1-5,8-9,13-14,19H,6-7,10-12H2;1H. The predicted octanol–water partition coefficient (Wildman–Crippen LogP) is 1.62. The summed E-state index contributed by atoms with van der Waals surface area (Å²) in [6.45, 7) is 1.45. The molecule has 2 bridgehead atoms. The highest BCUT2D eigenvalue weighted by atomic mass is 35.5. The molecule has 3 heterocycles. The van der Waals surface area contributed by atoms with E-state index in [2.05, 4.69) is 10.4 Å². The number of benzene rings is 1. The van der Waals surface area contributed by atoms with Crippen molar-refractivity contribution < 1.29 is 4.79 Å². The molecule has 6 nitrogen and oxygen atoms in total. The smallest absolute Gasteiger partial charge is 0.274 e. The molecule has 2 unspecified atom stereocenters. The number of nitrogens with zero attached hydrogens (tertiary/aromatic N) is 3. The van der Waals surface area contributed by atoms with E-state index >= 15 is 0 Å². The van der Waals surface area contributed by atoms with Crippen molar-refractivity contribution in [1.82, 2.24) is 20.0 Å². The molecule has 2 aromatic rings. The van der Waals surface area contributed by atoms with E-state index in [1.165, 1.54) is 23.2 Å². The molecule has 1 N–H and O–H groups in total. The van der Waals surface area contributed by atoms with Gasteiger partial charge >= 0.3 is 0 Å². The number of carbonyl (C=O) groups excluding carboxylic acids is 1. The molecule has 2 aliphatic rings. The maximum atomic E-state index is 12.8. The zero-order valence-corrected chi connectivity index (χ0v) is 14.6. The SMILES string of the molecule is Cl.O=C(c1ccc(=O)n(-c2ccccc2)n1)N1CCC2CCC(C1)N2. The third kappa shape index (κ3) is 3.60. The van der Waals surface area contributed by atoms with E-state index in [0.717, 1.165) is 19.4 Å². The third-order valence-electron chi connectivity index (χ3n) is 4.83. The quantitative estimate of drug-likeness (QED) is 0.883. The van der Waals surface area contributed by atoms with Gasteiger partial charge < -0.3 is 10.2 Å². The van der Waals surface area contributed by atoms with Gasteiger partial charge in [-0.1, -0.05) is 18.2 Å². The van der Waals surface area contributed by atoms with Crippen molar-refractivity contribution in [2.24, 2.45) is 0 Å². The van der Waals surface area contributed by atoms with Crippen LogP contribution in [0.15, 0.2) is 47.3 Å². The van der Waals surface area contributed by atoms with Crippen LogP contribution in [0.4, 0.5) is 0 Å². The van der Waals surface area contributed by atoms with E-state index < -0.39 is 0 Å². The van der Waals surface area contributed by atoms with Gasteiger partial charge in [0, 0.05) is 31.2 Å². The number of fused-ring (bicyclic) bond motifs is 2. The summed E-state index contributed by atoms with van der Waals surface area (Å²) in [5.41, 5.74) is 0.735. The largest absolute Gasteiger partial charge is 0.336 e. The number of hydrogen-bond donors (Lipinski definition) is 1. The first-order valence-electron chi connectivity index (χ1n) is 8.42. The third-order valence-corrected chi connectivity index (χ3v) is 4.83. The van der Waals surface area contributed by atoms with Crippen molar-refractivity contribution in [1.29, 1.82) is 0 Å². The molecule has 1 aromatic heterocycles. The van der Waals surface area contributed by atoms with Gasteiger partial charge in [0.2, 0.25) is 0 Å². The molecular weight excluding hydrogens is 340 g/mol. The van der Waals surface area contributed by atoms with Gasteiger partial charge in [0.05, 0.1) is 5.69 Å². The average Bonchev–Trinajstić information content (AvgIpc) is 2.94. The summed E-state index contributed by atoms with van der Waals surface area (Å²) in [6.07, 6.45) is 3.29. The average molecular weight is 361 g/mol. The van der Waals surface area contributed by atoms with Gasteiger partial charge in [-0.3, -0.25) is 9.59 Å². The molecule has 2 saturated heterocycles. The number of carbonyl (C=O) groups is 1. The summed E-state index contributed by atoms with van der Waals surface area (Å²) in [4.78, 5) is 26.8. The normalized spacial score (nSPS) is 22.2. The number of hydrogen-bond acceptors (Lipinski definition) is 4. The fraction of sp³-hybridized carbons (Fsp3) is 0.389. The van der Waals surface area contributed by atoms with Crippen molar-refractivity contribution in [3.05, 3.63) is 58.5 Å². The zero-order chi connectivity index (χ0) is 16.5. The number of amides is 1. The fourth-order valence-electron chi connectivity index (χ4n) is 3.57. The first-order chi connectivity index (χ1) is 11.7. The van der Waals surface area contributed by atoms with Crippen molar-refractivity contribution in [3.63, 3.8) is 0 Å². The van der Waals surface area contributed by atoms with Gasteiger partial charge in [0.1, 0.15) is 5.69 Å². The molecule has 1 amide bonds. The van der Waals surface area contributed by atoms with Crippen LogP contribution in [-0.4, -0.2) is 45.8 Å².